The third-order valence-corrected chi connectivity index (χ3v) is 3.97. The molecule has 1 atom stereocenters. The third-order valence-electron chi connectivity index (χ3n) is 3.97. The molecule has 2 heterocycles. The minimum absolute atomic E-state index is 0.708. The molecule has 2 rings (SSSR count). The molecule has 0 bridgehead atoms. The average Bonchev–Trinajstić information content (AvgIpc) is 2.59. The highest BCUT2D eigenvalue weighted by Crippen LogP contribution is 2.15. The van der Waals surface area contributed by atoms with Crippen LogP contribution in [-0.2, 0) is 20.0 Å². The number of hydrogen-bond donors (Lipinski definition) is 1. The summed E-state index contributed by atoms with van der Waals surface area (Å²) in [5.74, 6) is 0. The molecule has 1 N–H and O–H groups in total. The quantitative estimate of drug-likeness (QED) is 0.880. The van der Waals surface area contributed by atoms with Gasteiger partial charge in [0.25, 0.3) is 0 Å². The second kappa shape index (κ2) is 6.34. The van der Waals surface area contributed by atoms with Crippen LogP contribution >= 0.6 is 0 Å². The van der Waals surface area contributed by atoms with Crippen LogP contribution in [-0.4, -0.2) is 40.9 Å². The molecule has 4 nitrogen and oxygen atoms in total. The van der Waals surface area contributed by atoms with Gasteiger partial charge in [0, 0.05) is 19.6 Å². The SMILES string of the molecule is CCc1cc(CN(C)C2CCCNCC2)n(C)n1. The molecule has 102 valence electrons. The number of rotatable bonds is 4. The maximum atomic E-state index is 4.52. The van der Waals surface area contributed by atoms with Gasteiger partial charge in [-0.25, -0.2) is 0 Å². The fourth-order valence-corrected chi connectivity index (χ4v) is 2.72. The lowest BCUT2D eigenvalue weighted by Crippen LogP contribution is -2.32. The highest BCUT2D eigenvalue weighted by molar-refractivity contribution is 5.10. The topological polar surface area (TPSA) is 33.1 Å². The van der Waals surface area contributed by atoms with Crippen LogP contribution in [0.25, 0.3) is 0 Å². The van der Waals surface area contributed by atoms with Gasteiger partial charge >= 0.3 is 0 Å². The van der Waals surface area contributed by atoms with E-state index in [1.807, 2.05) is 4.68 Å². The fraction of sp³-hybridized carbons (Fsp3) is 0.786. The fourth-order valence-electron chi connectivity index (χ4n) is 2.72. The van der Waals surface area contributed by atoms with Gasteiger partial charge in [0.1, 0.15) is 0 Å². The molecular weight excluding hydrogens is 224 g/mol. The van der Waals surface area contributed by atoms with Crippen molar-refractivity contribution in [2.24, 2.45) is 7.05 Å². The van der Waals surface area contributed by atoms with Gasteiger partial charge in [-0.1, -0.05) is 6.92 Å². The zero-order valence-electron chi connectivity index (χ0n) is 11.9. The molecule has 1 aliphatic heterocycles. The first kappa shape index (κ1) is 13.6. The molecule has 18 heavy (non-hydrogen) atoms. The number of nitrogens with zero attached hydrogens (tertiary/aromatic N) is 3. The summed E-state index contributed by atoms with van der Waals surface area (Å²) in [7, 11) is 4.30. The molecular formula is C14H26N4. The van der Waals surface area contributed by atoms with Crippen LogP contribution in [0.3, 0.4) is 0 Å². The molecule has 1 aromatic heterocycles. The monoisotopic (exact) mass is 250 g/mol. The van der Waals surface area contributed by atoms with E-state index in [1.165, 1.54) is 37.2 Å². The van der Waals surface area contributed by atoms with Crippen LogP contribution in [0.15, 0.2) is 6.07 Å². The van der Waals surface area contributed by atoms with E-state index in [9.17, 15) is 0 Å². The van der Waals surface area contributed by atoms with Gasteiger partial charge in [0.15, 0.2) is 0 Å². The van der Waals surface area contributed by atoms with E-state index in [4.69, 9.17) is 0 Å². The summed E-state index contributed by atoms with van der Waals surface area (Å²) < 4.78 is 2.03. The van der Waals surface area contributed by atoms with Crippen molar-refractivity contribution in [1.29, 1.82) is 0 Å². The van der Waals surface area contributed by atoms with Gasteiger partial charge in [-0.3, -0.25) is 9.58 Å². The van der Waals surface area contributed by atoms with Gasteiger partial charge in [0.2, 0.25) is 0 Å². The third kappa shape index (κ3) is 3.33. The van der Waals surface area contributed by atoms with Gasteiger partial charge in [0.05, 0.1) is 11.4 Å². The van der Waals surface area contributed by atoms with Crippen LogP contribution in [0.1, 0.15) is 37.6 Å². The minimum Gasteiger partial charge on any atom is -0.317 e. The molecule has 0 radical (unpaired) electrons. The molecule has 1 aliphatic rings. The Morgan fingerprint density at radius 3 is 3.00 bits per heavy atom. The Morgan fingerprint density at radius 2 is 2.28 bits per heavy atom. The van der Waals surface area contributed by atoms with Crippen molar-refractivity contribution >= 4 is 0 Å². The predicted molar refractivity (Wildman–Crippen MR) is 74.6 cm³/mol. The van der Waals surface area contributed by atoms with Crippen molar-refractivity contribution in [3.63, 3.8) is 0 Å². The lowest BCUT2D eigenvalue weighted by atomic mass is 10.1. The highest BCUT2D eigenvalue weighted by atomic mass is 15.3. The molecule has 0 aliphatic carbocycles. The maximum absolute atomic E-state index is 4.52. The Hall–Kier alpha value is -0.870. The number of hydrogen-bond acceptors (Lipinski definition) is 3. The lowest BCUT2D eigenvalue weighted by Gasteiger charge is -2.26. The summed E-state index contributed by atoms with van der Waals surface area (Å²) >= 11 is 0. The van der Waals surface area contributed by atoms with Crippen LogP contribution < -0.4 is 5.32 Å². The van der Waals surface area contributed by atoms with Crippen molar-refractivity contribution in [3.05, 3.63) is 17.5 Å². The van der Waals surface area contributed by atoms with Crippen LogP contribution in [0.5, 0.6) is 0 Å². The first-order valence-electron chi connectivity index (χ1n) is 7.13. The summed E-state index contributed by atoms with van der Waals surface area (Å²) in [6, 6.07) is 2.95. The highest BCUT2D eigenvalue weighted by Gasteiger charge is 2.18. The van der Waals surface area contributed by atoms with Crippen molar-refractivity contribution in [2.45, 2.75) is 45.2 Å². The number of nitrogens with one attached hydrogen (secondary N) is 1. The largest absolute Gasteiger partial charge is 0.317 e. The molecule has 1 saturated heterocycles. The molecule has 1 unspecified atom stereocenters. The Morgan fingerprint density at radius 1 is 1.44 bits per heavy atom. The van der Waals surface area contributed by atoms with Crippen molar-refractivity contribution in [2.75, 3.05) is 20.1 Å². The Labute approximate surface area is 110 Å². The average molecular weight is 250 g/mol. The van der Waals surface area contributed by atoms with Gasteiger partial charge in [-0.2, -0.15) is 5.10 Å². The predicted octanol–water partition coefficient (Wildman–Crippen LogP) is 1.56. The summed E-state index contributed by atoms with van der Waals surface area (Å²) in [6.45, 7) is 5.50. The molecule has 4 heteroatoms. The second-order valence-corrected chi connectivity index (χ2v) is 5.35. The molecule has 0 amide bonds. The van der Waals surface area contributed by atoms with Gasteiger partial charge in [-0.05, 0) is 51.9 Å². The van der Waals surface area contributed by atoms with E-state index in [-0.39, 0.29) is 0 Å². The van der Waals surface area contributed by atoms with Crippen LogP contribution in [0.2, 0.25) is 0 Å². The van der Waals surface area contributed by atoms with Crippen LogP contribution in [0.4, 0.5) is 0 Å². The summed E-state index contributed by atoms with van der Waals surface area (Å²) in [4.78, 5) is 2.49. The molecule has 0 saturated carbocycles. The Kier molecular flexibility index (Phi) is 4.78. The standard InChI is InChI=1S/C14H26N4/c1-4-12-10-14(18(3)16-12)11-17(2)13-6-5-8-15-9-7-13/h10,13,15H,4-9,11H2,1-3H3. The van der Waals surface area contributed by atoms with E-state index >= 15 is 0 Å². The maximum Gasteiger partial charge on any atom is 0.0625 e. The van der Waals surface area contributed by atoms with E-state index in [0.29, 0.717) is 6.04 Å². The molecule has 0 aromatic carbocycles. The summed E-state index contributed by atoms with van der Waals surface area (Å²) in [6.07, 6.45) is 4.88. The lowest BCUT2D eigenvalue weighted by molar-refractivity contribution is 0.211. The zero-order chi connectivity index (χ0) is 13.0. The van der Waals surface area contributed by atoms with Crippen LogP contribution in [0, 0.1) is 0 Å². The summed E-state index contributed by atoms with van der Waals surface area (Å²) in [5.41, 5.74) is 2.52. The van der Waals surface area contributed by atoms with Gasteiger partial charge in [-0.15, -0.1) is 0 Å². The van der Waals surface area contributed by atoms with Crippen molar-refractivity contribution < 1.29 is 0 Å². The van der Waals surface area contributed by atoms with Gasteiger partial charge < -0.3 is 5.32 Å². The first-order chi connectivity index (χ1) is 8.70. The first-order valence-corrected chi connectivity index (χ1v) is 7.13. The smallest absolute Gasteiger partial charge is 0.0625 e. The molecule has 1 aromatic rings. The summed E-state index contributed by atoms with van der Waals surface area (Å²) in [5, 5.41) is 8.00. The molecule has 0 spiro atoms. The van der Waals surface area contributed by atoms with E-state index < -0.39 is 0 Å². The van der Waals surface area contributed by atoms with E-state index in [1.54, 1.807) is 0 Å². The molecule has 1 fully saturated rings. The Bertz CT molecular complexity index is 364. The van der Waals surface area contributed by atoms with Crippen molar-refractivity contribution in [3.8, 4) is 0 Å². The van der Waals surface area contributed by atoms with Crippen molar-refractivity contribution in [1.82, 2.24) is 20.0 Å². The minimum atomic E-state index is 0.708. The van der Waals surface area contributed by atoms with E-state index in [2.05, 4.69) is 42.4 Å². The zero-order valence-corrected chi connectivity index (χ0v) is 11.9. The number of aromatic nitrogens is 2. The van der Waals surface area contributed by atoms with E-state index in [0.717, 1.165) is 19.5 Å². The normalized spacial score (nSPS) is 21.2. The second-order valence-electron chi connectivity index (χ2n) is 5.35. The number of aryl methyl sites for hydroxylation is 2. The Balaban J connectivity index is 1.96.